The lowest BCUT2D eigenvalue weighted by molar-refractivity contribution is -0.105. The summed E-state index contributed by atoms with van der Waals surface area (Å²) in [5.74, 6) is 0.330. The van der Waals surface area contributed by atoms with Crippen molar-refractivity contribution in [3.8, 4) is 0 Å². The number of hydrogen-bond donors (Lipinski definition) is 2. The Morgan fingerprint density at radius 2 is 1.56 bits per heavy atom. The number of likely N-dealkylation sites (tertiary alicyclic amines) is 1. The van der Waals surface area contributed by atoms with Gasteiger partial charge in [-0.25, -0.2) is 10.0 Å². The topological polar surface area (TPSA) is 54.1 Å². The minimum atomic E-state index is 0.330. The minimum Gasteiger partial charge on any atom is -0.388 e. The molecule has 4 rings (SSSR count). The maximum atomic E-state index is 11.9. The SMILES string of the molecule is CNc1ccccc1/C=C(\C=O)C1CCN(NN2CCN(C3CCN(C)CC3)CC2)CC1. The van der Waals surface area contributed by atoms with Crippen LogP contribution in [0.4, 0.5) is 5.69 Å². The first-order valence-corrected chi connectivity index (χ1v) is 12.3. The van der Waals surface area contributed by atoms with Crippen molar-refractivity contribution in [3.63, 3.8) is 0 Å². The van der Waals surface area contributed by atoms with E-state index in [-0.39, 0.29) is 0 Å². The van der Waals surface area contributed by atoms with Crippen LogP contribution >= 0.6 is 0 Å². The molecule has 3 fully saturated rings. The van der Waals surface area contributed by atoms with Crippen molar-refractivity contribution >= 4 is 18.0 Å². The molecule has 0 atom stereocenters. The van der Waals surface area contributed by atoms with Gasteiger partial charge < -0.3 is 10.2 Å². The highest BCUT2D eigenvalue weighted by molar-refractivity contribution is 5.84. The molecule has 2 N–H and O–H groups in total. The Kier molecular flexibility index (Phi) is 8.32. The second kappa shape index (κ2) is 11.4. The van der Waals surface area contributed by atoms with Crippen LogP contribution < -0.4 is 10.9 Å². The third-order valence-electron chi connectivity index (χ3n) is 7.46. The number of benzene rings is 1. The molecule has 0 aromatic heterocycles. The number of allylic oxidation sites excluding steroid dienone is 1. The number of piperazine rings is 1. The number of piperidine rings is 2. The number of hydrogen-bond acceptors (Lipinski definition) is 7. The van der Waals surface area contributed by atoms with E-state index in [0.29, 0.717) is 5.92 Å². The molecular formula is C25H40N6O. The molecule has 1 aromatic carbocycles. The number of para-hydroxylation sites is 1. The van der Waals surface area contributed by atoms with E-state index >= 15 is 0 Å². The summed E-state index contributed by atoms with van der Waals surface area (Å²) < 4.78 is 0. The Hall–Kier alpha value is -1.77. The third-order valence-corrected chi connectivity index (χ3v) is 7.46. The number of carbonyl (C=O) groups is 1. The summed E-state index contributed by atoms with van der Waals surface area (Å²) in [7, 11) is 4.15. The third kappa shape index (κ3) is 5.97. The fourth-order valence-electron chi connectivity index (χ4n) is 5.34. The van der Waals surface area contributed by atoms with Crippen LogP contribution in [0, 0.1) is 5.92 Å². The Labute approximate surface area is 193 Å². The van der Waals surface area contributed by atoms with E-state index in [0.717, 1.165) is 81.3 Å². The quantitative estimate of drug-likeness (QED) is 0.498. The van der Waals surface area contributed by atoms with Crippen LogP contribution in [0.1, 0.15) is 31.2 Å². The van der Waals surface area contributed by atoms with Gasteiger partial charge in [0.1, 0.15) is 6.29 Å². The van der Waals surface area contributed by atoms with Crippen LogP contribution in [-0.4, -0.2) is 98.6 Å². The number of nitrogens with zero attached hydrogens (tertiary/aromatic N) is 4. The van der Waals surface area contributed by atoms with Crippen LogP contribution in [0.15, 0.2) is 29.8 Å². The number of rotatable bonds is 7. The first kappa shape index (κ1) is 23.4. The highest BCUT2D eigenvalue weighted by Gasteiger charge is 2.28. The Balaban J connectivity index is 1.23. The van der Waals surface area contributed by atoms with Gasteiger partial charge in [0.25, 0.3) is 0 Å². The molecule has 32 heavy (non-hydrogen) atoms. The van der Waals surface area contributed by atoms with Crippen molar-refractivity contribution in [2.75, 3.05) is 71.8 Å². The van der Waals surface area contributed by atoms with Gasteiger partial charge in [-0.05, 0) is 75.0 Å². The summed E-state index contributed by atoms with van der Waals surface area (Å²) in [6, 6.07) is 8.92. The van der Waals surface area contributed by atoms with E-state index in [1.54, 1.807) is 0 Å². The molecule has 176 valence electrons. The van der Waals surface area contributed by atoms with Gasteiger partial charge in [0, 0.05) is 58.0 Å². The first-order valence-electron chi connectivity index (χ1n) is 12.3. The fraction of sp³-hybridized carbons (Fsp3) is 0.640. The molecule has 3 heterocycles. The lowest BCUT2D eigenvalue weighted by Crippen LogP contribution is -2.60. The number of hydrazine groups is 2. The number of nitrogens with one attached hydrogen (secondary N) is 2. The molecule has 0 saturated carbocycles. The zero-order valence-electron chi connectivity index (χ0n) is 19.8. The molecule has 0 radical (unpaired) electrons. The molecule has 1 aromatic rings. The van der Waals surface area contributed by atoms with Crippen LogP contribution in [0.3, 0.4) is 0 Å². The van der Waals surface area contributed by atoms with E-state index in [1.165, 1.54) is 25.9 Å². The average molecular weight is 441 g/mol. The summed E-state index contributed by atoms with van der Waals surface area (Å²) in [5, 5.41) is 7.94. The summed E-state index contributed by atoms with van der Waals surface area (Å²) in [6.45, 7) is 8.86. The Morgan fingerprint density at radius 1 is 0.906 bits per heavy atom. The summed E-state index contributed by atoms with van der Waals surface area (Å²) in [6.07, 6.45) is 7.76. The molecule has 0 amide bonds. The maximum Gasteiger partial charge on any atom is 0.146 e. The van der Waals surface area contributed by atoms with Gasteiger partial charge in [-0.15, -0.1) is 0 Å². The van der Waals surface area contributed by atoms with Crippen molar-refractivity contribution in [3.05, 3.63) is 35.4 Å². The Morgan fingerprint density at radius 3 is 2.22 bits per heavy atom. The van der Waals surface area contributed by atoms with Gasteiger partial charge in [0.15, 0.2) is 0 Å². The van der Waals surface area contributed by atoms with Gasteiger partial charge in [0.05, 0.1) is 0 Å². The lowest BCUT2D eigenvalue weighted by Gasteiger charge is -2.44. The van der Waals surface area contributed by atoms with Crippen molar-refractivity contribution in [1.29, 1.82) is 0 Å². The van der Waals surface area contributed by atoms with Gasteiger partial charge in [-0.3, -0.25) is 9.69 Å². The molecule has 0 bridgehead atoms. The van der Waals surface area contributed by atoms with E-state index in [2.05, 4.69) is 49.9 Å². The molecule has 0 aliphatic carbocycles. The number of aldehydes is 1. The number of anilines is 1. The zero-order valence-corrected chi connectivity index (χ0v) is 19.8. The normalized spacial score (nSPS) is 24.0. The summed E-state index contributed by atoms with van der Waals surface area (Å²) in [5.41, 5.74) is 6.71. The van der Waals surface area contributed by atoms with Crippen molar-refractivity contribution < 1.29 is 4.79 Å². The smallest absolute Gasteiger partial charge is 0.146 e. The second-order valence-electron chi connectivity index (χ2n) is 9.52. The Bertz CT molecular complexity index is 759. The van der Waals surface area contributed by atoms with Crippen LogP contribution in [0.2, 0.25) is 0 Å². The van der Waals surface area contributed by atoms with Gasteiger partial charge >= 0.3 is 0 Å². The predicted octanol–water partition coefficient (Wildman–Crippen LogP) is 2.15. The molecule has 3 aliphatic heterocycles. The molecule has 7 heteroatoms. The van der Waals surface area contributed by atoms with Gasteiger partial charge in [0.2, 0.25) is 0 Å². The molecule has 7 nitrogen and oxygen atoms in total. The molecule has 0 spiro atoms. The van der Waals surface area contributed by atoms with Crippen molar-refractivity contribution in [1.82, 2.24) is 25.4 Å². The van der Waals surface area contributed by atoms with Crippen molar-refractivity contribution in [2.24, 2.45) is 5.92 Å². The largest absolute Gasteiger partial charge is 0.388 e. The average Bonchev–Trinajstić information content (AvgIpc) is 2.84. The fourth-order valence-corrected chi connectivity index (χ4v) is 5.34. The molecule has 3 saturated heterocycles. The van der Waals surface area contributed by atoms with E-state index in [4.69, 9.17) is 0 Å². The molecule has 3 aliphatic rings. The van der Waals surface area contributed by atoms with E-state index in [9.17, 15) is 4.79 Å². The standard InChI is InChI=1S/C25H40N6O/c1-26-25-6-4-3-5-22(25)19-23(20-32)21-7-13-30(14-8-21)27-31-17-15-29(16-18-31)24-9-11-28(2)12-10-24/h3-6,19-21,24,26-27H,7-18H2,1-2H3/b23-19+. The highest BCUT2D eigenvalue weighted by atomic mass is 16.1. The first-order chi connectivity index (χ1) is 15.7. The molecular weight excluding hydrogens is 400 g/mol. The maximum absolute atomic E-state index is 11.9. The van der Waals surface area contributed by atoms with E-state index < -0.39 is 0 Å². The van der Waals surface area contributed by atoms with Crippen LogP contribution in [-0.2, 0) is 4.79 Å². The monoisotopic (exact) mass is 440 g/mol. The zero-order chi connectivity index (χ0) is 22.3. The molecule has 0 unspecified atom stereocenters. The van der Waals surface area contributed by atoms with Gasteiger partial charge in [-0.2, -0.15) is 5.53 Å². The van der Waals surface area contributed by atoms with Gasteiger partial charge in [-0.1, -0.05) is 18.2 Å². The summed E-state index contributed by atoms with van der Waals surface area (Å²) in [4.78, 5) is 17.0. The van der Waals surface area contributed by atoms with Crippen LogP contribution in [0.25, 0.3) is 6.08 Å². The number of carbonyl (C=O) groups excluding carboxylic acids is 1. The van der Waals surface area contributed by atoms with Crippen LogP contribution in [0.5, 0.6) is 0 Å². The highest BCUT2D eigenvalue weighted by Crippen LogP contribution is 2.27. The summed E-state index contributed by atoms with van der Waals surface area (Å²) >= 11 is 0. The lowest BCUT2D eigenvalue weighted by atomic mass is 9.89. The van der Waals surface area contributed by atoms with Crippen molar-refractivity contribution in [2.45, 2.75) is 31.7 Å². The minimum absolute atomic E-state index is 0.330. The second-order valence-corrected chi connectivity index (χ2v) is 9.52. The predicted molar refractivity (Wildman–Crippen MR) is 131 cm³/mol. The van der Waals surface area contributed by atoms with E-state index in [1.807, 2.05) is 25.2 Å².